The molecule has 0 aromatic heterocycles. The van der Waals surface area contributed by atoms with Crippen LogP contribution in [0.2, 0.25) is 0 Å². The summed E-state index contributed by atoms with van der Waals surface area (Å²) in [6.07, 6.45) is 4.09. The van der Waals surface area contributed by atoms with E-state index < -0.39 is 0 Å². The molecule has 1 heterocycles. The molecule has 1 aliphatic heterocycles. The van der Waals surface area contributed by atoms with Crippen LogP contribution >= 0.6 is 0 Å². The predicted molar refractivity (Wildman–Crippen MR) is 63.2 cm³/mol. The molecule has 16 heavy (non-hydrogen) atoms. The minimum Gasteiger partial charge on any atom is -0.300 e. The molecule has 0 spiro atoms. The van der Waals surface area contributed by atoms with Gasteiger partial charge in [0.15, 0.2) is 0 Å². The van der Waals surface area contributed by atoms with Gasteiger partial charge in [0.1, 0.15) is 5.78 Å². The molecule has 1 aromatic rings. The largest absolute Gasteiger partial charge is 0.300 e. The van der Waals surface area contributed by atoms with Gasteiger partial charge in [-0.25, -0.2) is 0 Å². The first-order chi connectivity index (χ1) is 7.84. The number of hydrogen-bond donors (Lipinski definition) is 0. The highest BCUT2D eigenvalue weighted by molar-refractivity contribution is 5.80. The molecule has 0 bridgehead atoms. The molecule has 1 aliphatic carbocycles. The van der Waals surface area contributed by atoms with Crippen molar-refractivity contribution in [2.24, 2.45) is 0 Å². The van der Waals surface area contributed by atoms with Crippen LogP contribution in [0.15, 0.2) is 30.3 Å². The van der Waals surface area contributed by atoms with Crippen LogP contribution in [0.3, 0.4) is 0 Å². The number of likely N-dealkylation sites (tertiary alicyclic amines) is 1. The first-order valence-corrected chi connectivity index (χ1v) is 6.17. The van der Waals surface area contributed by atoms with Crippen molar-refractivity contribution in [3.63, 3.8) is 0 Å². The van der Waals surface area contributed by atoms with Gasteiger partial charge in [0, 0.05) is 31.5 Å². The van der Waals surface area contributed by atoms with E-state index >= 15 is 0 Å². The second kappa shape index (κ2) is 4.02. The summed E-state index contributed by atoms with van der Waals surface area (Å²) in [4.78, 5) is 14.1. The fraction of sp³-hybridized carbons (Fsp3) is 0.500. The van der Waals surface area contributed by atoms with Crippen molar-refractivity contribution < 1.29 is 4.79 Å². The smallest absolute Gasteiger partial charge is 0.136 e. The highest BCUT2D eigenvalue weighted by Gasteiger charge is 2.37. The van der Waals surface area contributed by atoms with Gasteiger partial charge in [0.25, 0.3) is 0 Å². The predicted octanol–water partition coefficient (Wildman–Crippen LogP) is 2.56. The Kier molecular flexibility index (Phi) is 2.52. The van der Waals surface area contributed by atoms with E-state index in [9.17, 15) is 4.79 Å². The maximum atomic E-state index is 11.6. The van der Waals surface area contributed by atoms with E-state index in [0.717, 1.165) is 19.0 Å². The molecule has 84 valence electrons. The van der Waals surface area contributed by atoms with Crippen molar-refractivity contribution in [1.82, 2.24) is 4.90 Å². The molecule has 1 atom stereocenters. The minimum absolute atomic E-state index is 0.343. The first-order valence-electron chi connectivity index (χ1n) is 6.17. The lowest BCUT2D eigenvalue weighted by Gasteiger charge is -2.35. The van der Waals surface area contributed by atoms with Crippen LogP contribution in [0.4, 0.5) is 0 Å². The van der Waals surface area contributed by atoms with E-state index in [4.69, 9.17) is 0 Å². The van der Waals surface area contributed by atoms with Crippen LogP contribution in [0.5, 0.6) is 0 Å². The number of ketones is 1. The van der Waals surface area contributed by atoms with Crippen molar-refractivity contribution in [2.75, 3.05) is 6.54 Å². The molecular formula is C14H17NO. The van der Waals surface area contributed by atoms with E-state index in [1.165, 1.54) is 18.4 Å². The third-order valence-electron chi connectivity index (χ3n) is 3.67. The number of benzene rings is 1. The van der Waals surface area contributed by atoms with Gasteiger partial charge >= 0.3 is 0 Å². The average Bonchev–Trinajstić information content (AvgIpc) is 3.14. The average molecular weight is 215 g/mol. The number of rotatable bonds is 2. The number of Topliss-reactive ketones (excluding diaryl/α,β-unsaturated/α-hetero) is 1. The Labute approximate surface area is 96.3 Å². The lowest BCUT2D eigenvalue weighted by Crippen LogP contribution is -2.38. The zero-order valence-electron chi connectivity index (χ0n) is 9.43. The summed E-state index contributed by atoms with van der Waals surface area (Å²) in [6.45, 7) is 0.961. The van der Waals surface area contributed by atoms with Gasteiger partial charge in [-0.05, 0) is 18.4 Å². The fourth-order valence-corrected chi connectivity index (χ4v) is 2.67. The molecule has 2 fully saturated rings. The number of hydrogen-bond acceptors (Lipinski definition) is 2. The maximum absolute atomic E-state index is 11.6. The van der Waals surface area contributed by atoms with Gasteiger partial charge in [0.2, 0.25) is 0 Å². The van der Waals surface area contributed by atoms with E-state index in [2.05, 4.69) is 29.2 Å². The summed E-state index contributed by atoms with van der Waals surface area (Å²) in [6, 6.07) is 11.6. The summed E-state index contributed by atoms with van der Waals surface area (Å²) < 4.78 is 0. The highest BCUT2D eigenvalue weighted by Crippen LogP contribution is 2.38. The zero-order valence-corrected chi connectivity index (χ0v) is 9.43. The molecule has 1 aromatic carbocycles. The molecule has 1 saturated heterocycles. The van der Waals surface area contributed by atoms with Gasteiger partial charge in [0.05, 0.1) is 0 Å². The third-order valence-corrected chi connectivity index (χ3v) is 3.67. The standard InChI is InChI=1S/C14H17NO/c16-13-8-9-15(12-6-7-12)14(10-13)11-4-2-1-3-5-11/h1-5,12,14H,6-10H2. The second-order valence-electron chi connectivity index (χ2n) is 4.89. The maximum Gasteiger partial charge on any atom is 0.136 e. The Bertz CT molecular complexity index is 383. The van der Waals surface area contributed by atoms with E-state index in [1.807, 2.05) is 6.07 Å². The van der Waals surface area contributed by atoms with E-state index in [1.54, 1.807) is 0 Å². The fourth-order valence-electron chi connectivity index (χ4n) is 2.67. The van der Waals surface area contributed by atoms with Crippen molar-refractivity contribution in [1.29, 1.82) is 0 Å². The van der Waals surface area contributed by atoms with Crippen LogP contribution < -0.4 is 0 Å². The van der Waals surface area contributed by atoms with Crippen LogP contribution in [-0.2, 0) is 4.79 Å². The second-order valence-corrected chi connectivity index (χ2v) is 4.89. The Hall–Kier alpha value is -1.15. The lowest BCUT2D eigenvalue weighted by atomic mass is 9.94. The molecule has 3 rings (SSSR count). The van der Waals surface area contributed by atoms with Crippen LogP contribution in [-0.4, -0.2) is 23.3 Å². The molecule has 1 unspecified atom stereocenters. The molecule has 2 heteroatoms. The van der Waals surface area contributed by atoms with Crippen LogP contribution in [0.1, 0.15) is 37.3 Å². The van der Waals surface area contributed by atoms with Crippen molar-refractivity contribution in [3.8, 4) is 0 Å². The number of nitrogens with zero attached hydrogens (tertiary/aromatic N) is 1. The number of carbonyl (C=O) groups excluding carboxylic acids is 1. The van der Waals surface area contributed by atoms with Crippen LogP contribution in [0, 0.1) is 0 Å². The number of piperidine rings is 1. The molecule has 0 N–H and O–H groups in total. The Balaban J connectivity index is 1.86. The summed E-state index contributed by atoms with van der Waals surface area (Å²) in [5, 5.41) is 0. The van der Waals surface area contributed by atoms with Crippen molar-refractivity contribution in [2.45, 2.75) is 37.8 Å². The lowest BCUT2D eigenvalue weighted by molar-refractivity contribution is -0.123. The summed E-state index contributed by atoms with van der Waals surface area (Å²) in [5.41, 5.74) is 1.31. The SMILES string of the molecule is O=C1CCN(C2CC2)C(c2ccccc2)C1. The molecule has 2 aliphatic rings. The molecule has 1 saturated carbocycles. The van der Waals surface area contributed by atoms with E-state index in [0.29, 0.717) is 18.2 Å². The normalized spacial score (nSPS) is 27.0. The first kappa shape index (κ1) is 10.0. The van der Waals surface area contributed by atoms with Crippen molar-refractivity contribution >= 4 is 5.78 Å². The number of carbonyl (C=O) groups is 1. The topological polar surface area (TPSA) is 20.3 Å². The molecule has 0 amide bonds. The van der Waals surface area contributed by atoms with Gasteiger partial charge in [-0.2, -0.15) is 0 Å². The van der Waals surface area contributed by atoms with Gasteiger partial charge < -0.3 is 0 Å². The summed E-state index contributed by atoms with van der Waals surface area (Å²) in [5.74, 6) is 0.422. The monoisotopic (exact) mass is 215 g/mol. The summed E-state index contributed by atoms with van der Waals surface area (Å²) in [7, 11) is 0. The molecule has 0 radical (unpaired) electrons. The zero-order chi connectivity index (χ0) is 11.0. The minimum atomic E-state index is 0.343. The highest BCUT2D eigenvalue weighted by atomic mass is 16.1. The Morgan fingerprint density at radius 3 is 2.56 bits per heavy atom. The quantitative estimate of drug-likeness (QED) is 0.755. The summed E-state index contributed by atoms with van der Waals surface area (Å²) >= 11 is 0. The van der Waals surface area contributed by atoms with Gasteiger partial charge in [-0.1, -0.05) is 30.3 Å². The molecule has 2 nitrogen and oxygen atoms in total. The van der Waals surface area contributed by atoms with Crippen LogP contribution in [0.25, 0.3) is 0 Å². The van der Waals surface area contributed by atoms with Gasteiger partial charge in [-0.3, -0.25) is 9.69 Å². The van der Waals surface area contributed by atoms with E-state index in [-0.39, 0.29) is 0 Å². The third kappa shape index (κ3) is 1.90. The van der Waals surface area contributed by atoms with Crippen molar-refractivity contribution in [3.05, 3.63) is 35.9 Å². The van der Waals surface area contributed by atoms with Gasteiger partial charge in [-0.15, -0.1) is 0 Å². The molecular weight excluding hydrogens is 198 g/mol. The Morgan fingerprint density at radius 1 is 1.12 bits per heavy atom. The Morgan fingerprint density at radius 2 is 1.88 bits per heavy atom.